The van der Waals surface area contributed by atoms with Crippen molar-refractivity contribution in [1.29, 1.82) is 0 Å². The van der Waals surface area contributed by atoms with Crippen LogP contribution in [-0.4, -0.2) is 12.1 Å². The number of aldehydes is 1. The number of aryl methyl sites for hydroxylation is 4. The van der Waals surface area contributed by atoms with Crippen molar-refractivity contribution in [1.82, 2.24) is 0 Å². The highest BCUT2D eigenvalue weighted by molar-refractivity contribution is 6.32. The first kappa shape index (κ1) is 23.4. The summed E-state index contributed by atoms with van der Waals surface area (Å²) in [5.74, 6) is 0.103. The van der Waals surface area contributed by atoms with Crippen molar-refractivity contribution in [2.24, 2.45) is 0 Å². The SMILES string of the molecule is CCc1cc(C(C)=O)cc(CC)c1Cl.CCc1cc(C=O)cc(CC)c1Cl. The van der Waals surface area contributed by atoms with Crippen molar-refractivity contribution in [3.05, 3.63) is 67.7 Å². The van der Waals surface area contributed by atoms with Crippen LogP contribution in [0.4, 0.5) is 0 Å². The van der Waals surface area contributed by atoms with E-state index < -0.39 is 0 Å². The predicted octanol–water partition coefficient (Wildman–Crippen LogP) is 6.94. The van der Waals surface area contributed by atoms with Crippen LogP contribution in [0.2, 0.25) is 10.0 Å². The summed E-state index contributed by atoms with van der Waals surface area (Å²) in [6, 6.07) is 7.50. The summed E-state index contributed by atoms with van der Waals surface area (Å²) in [5.41, 5.74) is 5.74. The van der Waals surface area contributed by atoms with Gasteiger partial charge in [0.15, 0.2) is 5.78 Å². The molecule has 2 rings (SSSR count). The second-order valence-electron chi connectivity index (χ2n) is 6.35. The zero-order valence-corrected chi connectivity index (χ0v) is 18.3. The summed E-state index contributed by atoms with van der Waals surface area (Å²) in [4.78, 5) is 21.9. The lowest BCUT2D eigenvalue weighted by molar-refractivity contribution is 0.101. The average Bonchev–Trinajstić information content (AvgIpc) is 2.68. The van der Waals surface area contributed by atoms with Crippen molar-refractivity contribution >= 4 is 35.3 Å². The molecule has 0 saturated heterocycles. The van der Waals surface area contributed by atoms with Gasteiger partial charge in [-0.3, -0.25) is 9.59 Å². The Morgan fingerprint density at radius 3 is 1.37 bits per heavy atom. The maximum absolute atomic E-state index is 11.2. The van der Waals surface area contributed by atoms with E-state index in [1.807, 2.05) is 52.0 Å². The molecule has 0 spiro atoms. The van der Waals surface area contributed by atoms with Crippen molar-refractivity contribution in [2.75, 3.05) is 0 Å². The summed E-state index contributed by atoms with van der Waals surface area (Å²) in [7, 11) is 0. The Morgan fingerprint density at radius 1 is 0.778 bits per heavy atom. The Kier molecular flexibility index (Phi) is 9.76. The Labute approximate surface area is 172 Å². The Morgan fingerprint density at radius 2 is 1.11 bits per heavy atom. The van der Waals surface area contributed by atoms with Crippen molar-refractivity contribution in [2.45, 2.75) is 60.3 Å². The Balaban J connectivity index is 0.000000271. The average molecular weight is 407 g/mol. The summed E-state index contributed by atoms with van der Waals surface area (Å²) < 4.78 is 0. The van der Waals surface area contributed by atoms with Gasteiger partial charge in [0.1, 0.15) is 6.29 Å². The lowest BCUT2D eigenvalue weighted by atomic mass is 10.0. The molecule has 0 bridgehead atoms. The minimum atomic E-state index is 0.103. The Bertz CT molecular complexity index is 760. The highest BCUT2D eigenvalue weighted by Gasteiger charge is 2.09. The number of hydrogen-bond acceptors (Lipinski definition) is 2. The molecular formula is C23H28Cl2O2. The largest absolute Gasteiger partial charge is 0.298 e. The first-order valence-corrected chi connectivity index (χ1v) is 10.2. The molecule has 0 amide bonds. The topological polar surface area (TPSA) is 34.1 Å². The first-order valence-electron chi connectivity index (χ1n) is 9.41. The molecule has 0 heterocycles. The van der Waals surface area contributed by atoms with Crippen molar-refractivity contribution < 1.29 is 9.59 Å². The van der Waals surface area contributed by atoms with Gasteiger partial charge in [-0.05, 0) is 79.1 Å². The normalized spacial score (nSPS) is 10.2. The molecule has 0 aromatic heterocycles. The van der Waals surface area contributed by atoms with Gasteiger partial charge < -0.3 is 0 Å². The predicted molar refractivity (Wildman–Crippen MR) is 116 cm³/mol. The van der Waals surface area contributed by atoms with Gasteiger partial charge in [-0.15, -0.1) is 0 Å². The van der Waals surface area contributed by atoms with E-state index in [1.54, 1.807) is 6.92 Å². The van der Waals surface area contributed by atoms with Crippen molar-refractivity contribution in [3.8, 4) is 0 Å². The fourth-order valence-corrected chi connectivity index (χ4v) is 3.58. The molecule has 0 N–H and O–H groups in total. The molecule has 0 fully saturated rings. The number of ketones is 1. The number of hydrogen-bond donors (Lipinski definition) is 0. The van der Waals surface area contributed by atoms with Gasteiger partial charge in [-0.2, -0.15) is 0 Å². The second-order valence-corrected chi connectivity index (χ2v) is 7.11. The summed E-state index contributed by atoms with van der Waals surface area (Å²) in [5, 5.41) is 1.63. The minimum absolute atomic E-state index is 0.103. The van der Waals surface area contributed by atoms with Crippen LogP contribution in [-0.2, 0) is 25.7 Å². The van der Waals surface area contributed by atoms with E-state index in [9.17, 15) is 9.59 Å². The van der Waals surface area contributed by atoms with Crippen LogP contribution >= 0.6 is 23.2 Å². The van der Waals surface area contributed by atoms with Crippen LogP contribution in [0.15, 0.2) is 24.3 Å². The van der Waals surface area contributed by atoms with Gasteiger partial charge >= 0.3 is 0 Å². The fourth-order valence-electron chi connectivity index (χ4n) is 2.83. The summed E-state index contributed by atoms with van der Waals surface area (Å²) >= 11 is 12.3. The molecule has 0 atom stereocenters. The van der Waals surface area contributed by atoms with Crippen LogP contribution in [0.25, 0.3) is 0 Å². The first-order chi connectivity index (χ1) is 12.8. The van der Waals surface area contributed by atoms with E-state index >= 15 is 0 Å². The summed E-state index contributed by atoms with van der Waals surface area (Å²) in [6.45, 7) is 9.75. The smallest absolute Gasteiger partial charge is 0.159 e. The van der Waals surface area contributed by atoms with E-state index in [2.05, 4.69) is 0 Å². The molecule has 0 unspecified atom stereocenters. The molecule has 0 saturated carbocycles. The number of rotatable bonds is 6. The van der Waals surface area contributed by atoms with Crippen LogP contribution < -0.4 is 0 Å². The van der Waals surface area contributed by atoms with Crippen LogP contribution in [0.5, 0.6) is 0 Å². The second kappa shape index (κ2) is 11.3. The number of benzene rings is 2. The van der Waals surface area contributed by atoms with Crippen LogP contribution in [0.3, 0.4) is 0 Å². The molecule has 0 aliphatic rings. The molecule has 4 heteroatoms. The van der Waals surface area contributed by atoms with E-state index in [1.165, 1.54) is 0 Å². The highest BCUT2D eigenvalue weighted by Crippen LogP contribution is 2.25. The van der Waals surface area contributed by atoms with Gasteiger partial charge in [0, 0.05) is 21.2 Å². The molecule has 0 radical (unpaired) electrons. The van der Waals surface area contributed by atoms with E-state index in [-0.39, 0.29) is 5.78 Å². The third kappa shape index (κ3) is 6.19. The summed E-state index contributed by atoms with van der Waals surface area (Å²) in [6.07, 6.45) is 4.34. The van der Waals surface area contributed by atoms with E-state index in [4.69, 9.17) is 23.2 Å². The monoisotopic (exact) mass is 406 g/mol. The van der Waals surface area contributed by atoms with E-state index in [0.29, 0.717) is 0 Å². The number of Topliss-reactive ketones (excluding diaryl/α,β-unsaturated/α-hetero) is 1. The third-order valence-electron chi connectivity index (χ3n) is 4.54. The van der Waals surface area contributed by atoms with Gasteiger partial charge in [0.2, 0.25) is 0 Å². The number of carbonyl (C=O) groups excluding carboxylic acids is 2. The molecule has 2 nitrogen and oxygen atoms in total. The lowest BCUT2D eigenvalue weighted by Gasteiger charge is -2.08. The van der Waals surface area contributed by atoms with Gasteiger partial charge in [-0.1, -0.05) is 50.9 Å². The zero-order valence-electron chi connectivity index (χ0n) is 16.8. The maximum Gasteiger partial charge on any atom is 0.159 e. The molecule has 146 valence electrons. The number of carbonyl (C=O) groups is 2. The molecule has 2 aromatic carbocycles. The minimum Gasteiger partial charge on any atom is -0.298 e. The molecular weight excluding hydrogens is 379 g/mol. The zero-order chi connectivity index (χ0) is 20.6. The highest BCUT2D eigenvalue weighted by atomic mass is 35.5. The quantitative estimate of drug-likeness (QED) is 0.384. The third-order valence-corrected chi connectivity index (χ3v) is 5.51. The van der Waals surface area contributed by atoms with Gasteiger partial charge in [-0.25, -0.2) is 0 Å². The van der Waals surface area contributed by atoms with Crippen LogP contribution in [0, 0.1) is 0 Å². The maximum atomic E-state index is 11.2. The van der Waals surface area contributed by atoms with Gasteiger partial charge in [0.05, 0.1) is 0 Å². The lowest BCUT2D eigenvalue weighted by Crippen LogP contribution is -1.98. The fraction of sp³-hybridized carbons (Fsp3) is 0.391. The molecule has 2 aromatic rings. The standard InChI is InChI=1S/C12H15ClO.C11H13ClO/c1-4-9-6-11(8(3)14)7-10(5-2)12(9)13;1-3-9-5-8(7-13)6-10(4-2)11(9)12/h6-7H,4-5H2,1-3H3;5-7H,3-4H2,1-2H3. The molecule has 0 aliphatic heterocycles. The van der Waals surface area contributed by atoms with Gasteiger partial charge in [0.25, 0.3) is 0 Å². The molecule has 27 heavy (non-hydrogen) atoms. The van der Waals surface area contributed by atoms with Crippen molar-refractivity contribution in [3.63, 3.8) is 0 Å². The number of halogens is 2. The molecule has 0 aliphatic carbocycles. The van der Waals surface area contributed by atoms with E-state index in [0.717, 1.165) is 75.4 Å². The van der Waals surface area contributed by atoms with Crippen LogP contribution in [0.1, 0.15) is 77.6 Å². The Hall–Kier alpha value is -1.64.